The summed E-state index contributed by atoms with van der Waals surface area (Å²) in [6, 6.07) is 6.40. The molecule has 0 unspecified atom stereocenters. The molecule has 1 aliphatic heterocycles. The zero-order chi connectivity index (χ0) is 9.54. The first-order chi connectivity index (χ1) is 6.84. The Hall–Kier alpha value is -1.35. The van der Waals surface area contributed by atoms with Gasteiger partial charge < -0.3 is 4.90 Å². The van der Waals surface area contributed by atoms with Gasteiger partial charge in [0.05, 0.1) is 11.7 Å². The maximum Gasteiger partial charge on any atom is 0.0653 e. The van der Waals surface area contributed by atoms with Crippen molar-refractivity contribution in [2.24, 2.45) is 0 Å². The van der Waals surface area contributed by atoms with Crippen LogP contribution in [-0.4, -0.2) is 35.2 Å². The van der Waals surface area contributed by atoms with Crippen molar-refractivity contribution in [1.29, 1.82) is 0 Å². The van der Waals surface area contributed by atoms with Crippen molar-refractivity contribution in [3.8, 4) is 0 Å². The van der Waals surface area contributed by atoms with Crippen molar-refractivity contribution < 1.29 is 0 Å². The zero-order valence-electron chi connectivity index (χ0n) is 8.20. The first-order valence-corrected chi connectivity index (χ1v) is 4.95. The molecule has 72 valence electrons. The molecule has 2 heterocycles. The molecule has 2 aromatic rings. The number of aromatic nitrogens is 2. The Morgan fingerprint density at radius 2 is 2.29 bits per heavy atom. The van der Waals surface area contributed by atoms with Gasteiger partial charge in [0.25, 0.3) is 0 Å². The van der Waals surface area contributed by atoms with E-state index in [1.165, 1.54) is 24.0 Å². The molecule has 0 amide bonds. The summed E-state index contributed by atoms with van der Waals surface area (Å²) in [5.74, 6) is 0.696. The SMILES string of the molecule is CN1CC(c2cccc3[nH]ncc23)C1. The molecule has 0 bridgehead atoms. The molecule has 1 aliphatic rings. The average Bonchev–Trinajstić information content (AvgIpc) is 2.60. The summed E-state index contributed by atoms with van der Waals surface area (Å²) in [6.07, 6.45) is 1.93. The second-order valence-corrected chi connectivity index (χ2v) is 4.10. The number of hydrogen-bond donors (Lipinski definition) is 1. The van der Waals surface area contributed by atoms with E-state index < -0.39 is 0 Å². The van der Waals surface area contributed by atoms with Crippen LogP contribution in [0, 0.1) is 0 Å². The smallest absolute Gasteiger partial charge is 0.0653 e. The van der Waals surface area contributed by atoms with Crippen LogP contribution in [0.25, 0.3) is 10.9 Å². The Morgan fingerprint density at radius 3 is 3.07 bits per heavy atom. The number of likely N-dealkylation sites (tertiary alicyclic amines) is 1. The molecule has 0 saturated carbocycles. The Morgan fingerprint density at radius 1 is 1.43 bits per heavy atom. The number of H-pyrrole nitrogens is 1. The van der Waals surface area contributed by atoms with Crippen LogP contribution in [0.1, 0.15) is 11.5 Å². The number of nitrogens with one attached hydrogen (secondary N) is 1. The van der Waals surface area contributed by atoms with Crippen molar-refractivity contribution in [3.05, 3.63) is 30.0 Å². The highest BCUT2D eigenvalue weighted by atomic mass is 15.2. The normalized spacial score (nSPS) is 18.6. The van der Waals surface area contributed by atoms with E-state index in [-0.39, 0.29) is 0 Å². The van der Waals surface area contributed by atoms with Crippen LogP contribution in [0.3, 0.4) is 0 Å². The molecule has 3 rings (SSSR count). The van der Waals surface area contributed by atoms with Gasteiger partial charge in [-0.15, -0.1) is 0 Å². The van der Waals surface area contributed by atoms with Crippen LogP contribution in [0.15, 0.2) is 24.4 Å². The van der Waals surface area contributed by atoms with Crippen LogP contribution in [0.2, 0.25) is 0 Å². The molecule has 3 heteroatoms. The van der Waals surface area contributed by atoms with Gasteiger partial charge in [-0.2, -0.15) is 5.10 Å². The third-order valence-corrected chi connectivity index (χ3v) is 3.02. The predicted octanol–water partition coefficient (Wildman–Crippen LogP) is 1.59. The van der Waals surface area contributed by atoms with Gasteiger partial charge in [-0.1, -0.05) is 12.1 Å². The van der Waals surface area contributed by atoms with Crippen LogP contribution < -0.4 is 0 Å². The first kappa shape index (κ1) is 8.00. The van der Waals surface area contributed by atoms with Gasteiger partial charge in [-0.3, -0.25) is 5.10 Å². The van der Waals surface area contributed by atoms with Gasteiger partial charge in [0.1, 0.15) is 0 Å². The van der Waals surface area contributed by atoms with Gasteiger partial charge in [0.2, 0.25) is 0 Å². The van der Waals surface area contributed by atoms with Crippen LogP contribution in [-0.2, 0) is 0 Å². The van der Waals surface area contributed by atoms with Gasteiger partial charge >= 0.3 is 0 Å². The molecule has 1 aromatic heterocycles. The number of rotatable bonds is 1. The minimum absolute atomic E-state index is 0.696. The van der Waals surface area contributed by atoms with E-state index >= 15 is 0 Å². The number of benzene rings is 1. The lowest BCUT2D eigenvalue weighted by atomic mass is 9.90. The van der Waals surface area contributed by atoms with Crippen molar-refractivity contribution in [1.82, 2.24) is 15.1 Å². The van der Waals surface area contributed by atoms with Crippen LogP contribution >= 0.6 is 0 Å². The summed E-state index contributed by atoms with van der Waals surface area (Å²) < 4.78 is 0. The topological polar surface area (TPSA) is 31.9 Å². The molecule has 0 radical (unpaired) electrons. The van der Waals surface area contributed by atoms with Gasteiger partial charge in [0.15, 0.2) is 0 Å². The van der Waals surface area contributed by atoms with E-state index in [2.05, 4.69) is 40.3 Å². The molecular formula is C11H13N3. The van der Waals surface area contributed by atoms with E-state index in [1.54, 1.807) is 0 Å². The number of fused-ring (bicyclic) bond motifs is 1. The van der Waals surface area contributed by atoms with E-state index in [4.69, 9.17) is 0 Å². The summed E-state index contributed by atoms with van der Waals surface area (Å²) in [7, 11) is 2.16. The minimum atomic E-state index is 0.696. The fraction of sp³-hybridized carbons (Fsp3) is 0.364. The lowest BCUT2D eigenvalue weighted by Crippen LogP contribution is -2.41. The Balaban J connectivity index is 2.07. The lowest BCUT2D eigenvalue weighted by Gasteiger charge is -2.36. The Bertz CT molecular complexity index is 454. The molecule has 1 N–H and O–H groups in total. The Kier molecular flexibility index (Phi) is 1.61. The summed E-state index contributed by atoms with van der Waals surface area (Å²) in [6.45, 7) is 2.34. The summed E-state index contributed by atoms with van der Waals surface area (Å²) in [5, 5.41) is 8.38. The van der Waals surface area contributed by atoms with E-state index in [0.29, 0.717) is 5.92 Å². The molecular weight excluding hydrogens is 174 g/mol. The fourth-order valence-electron chi connectivity index (χ4n) is 2.24. The summed E-state index contributed by atoms with van der Waals surface area (Å²) >= 11 is 0. The second kappa shape index (κ2) is 2.82. The monoisotopic (exact) mass is 187 g/mol. The fourth-order valence-corrected chi connectivity index (χ4v) is 2.24. The molecule has 0 aliphatic carbocycles. The predicted molar refractivity (Wildman–Crippen MR) is 56.3 cm³/mol. The molecule has 1 saturated heterocycles. The van der Waals surface area contributed by atoms with E-state index in [9.17, 15) is 0 Å². The van der Waals surface area contributed by atoms with Gasteiger partial charge in [0, 0.05) is 24.4 Å². The molecule has 3 nitrogen and oxygen atoms in total. The molecule has 1 fully saturated rings. The van der Waals surface area contributed by atoms with E-state index in [0.717, 1.165) is 5.52 Å². The third kappa shape index (κ3) is 1.06. The molecule has 14 heavy (non-hydrogen) atoms. The highest BCUT2D eigenvalue weighted by Gasteiger charge is 2.26. The number of aromatic amines is 1. The molecule has 0 spiro atoms. The summed E-state index contributed by atoms with van der Waals surface area (Å²) in [4.78, 5) is 2.34. The first-order valence-electron chi connectivity index (χ1n) is 4.95. The Labute approximate surface area is 82.7 Å². The summed E-state index contributed by atoms with van der Waals surface area (Å²) in [5.41, 5.74) is 2.59. The largest absolute Gasteiger partial charge is 0.305 e. The number of nitrogens with zero attached hydrogens (tertiary/aromatic N) is 2. The zero-order valence-corrected chi connectivity index (χ0v) is 8.20. The van der Waals surface area contributed by atoms with Crippen molar-refractivity contribution in [2.45, 2.75) is 5.92 Å². The molecule has 0 atom stereocenters. The standard InChI is InChI=1S/C11H13N3/c1-14-6-8(7-14)9-3-2-4-11-10(9)5-12-13-11/h2-5,8H,6-7H2,1H3,(H,12,13). The van der Waals surface area contributed by atoms with Crippen LogP contribution in [0.5, 0.6) is 0 Å². The van der Waals surface area contributed by atoms with Gasteiger partial charge in [-0.25, -0.2) is 0 Å². The lowest BCUT2D eigenvalue weighted by molar-refractivity contribution is 0.191. The van der Waals surface area contributed by atoms with Crippen molar-refractivity contribution in [2.75, 3.05) is 20.1 Å². The average molecular weight is 187 g/mol. The second-order valence-electron chi connectivity index (χ2n) is 4.10. The molecule has 1 aromatic carbocycles. The highest BCUT2D eigenvalue weighted by molar-refractivity contribution is 5.82. The van der Waals surface area contributed by atoms with Crippen LogP contribution in [0.4, 0.5) is 0 Å². The van der Waals surface area contributed by atoms with Crippen molar-refractivity contribution in [3.63, 3.8) is 0 Å². The maximum atomic E-state index is 4.08. The van der Waals surface area contributed by atoms with E-state index in [1.807, 2.05) is 6.20 Å². The van der Waals surface area contributed by atoms with Gasteiger partial charge in [-0.05, 0) is 18.7 Å². The number of likely N-dealkylation sites (N-methyl/N-ethyl adjacent to an activating group) is 1. The minimum Gasteiger partial charge on any atom is -0.305 e. The number of hydrogen-bond acceptors (Lipinski definition) is 2. The maximum absolute atomic E-state index is 4.08. The third-order valence-electron chi connectivity index (χ3n) is 3.02. The quantitative estimate of drug-likeness (QED) is 0.735. The van der Waals surface area contributed by atoms with Crippen molar-refractivity contribution >= 4 is 10.9 Å². The highest BCUT2D eigenvalue weighted by Crippen LogP contribution is 2.30.